The van der Waals surface area contributed by atoms with E-state index in [1.54, 1.807) is 24.3 Å². The molecule has 0 bridgehead atoms. The van der Waals surface area contributed by atoms with Gasteiger partial charge in [0.05, 0.1) is 12.7 Å². The minimum Gasteiger partial charge on any atom is -0.465 e. The summed E-state index contributed by atoms with van der Waals surface area (Å²) in [6.07, 6.45) is 1.32. The van der Waals surface area contributed by atoms with Crippen molar-refractivity contribution < 1.29 is 23.1 Å². The molecule has 0 radical (unpaired) electrons. The number of hydrogen-bond donors (Lipinski definition) is 2. The number of ether oxygens (including phenoxy) is 1. The predicted molar refractivity (Wildman–Crippen MR) is 97.4 cm³/mol. The van der Waals surface area contributed by atoms with Crippen LogP contribution in [0.2, 0.25) is 0 Å². The third kappa shape index (κ3) is 4.26. The number of methoxy groups -OCH3 is 1. The molecule has 1 heterocycles. The second-order valence-electron chi connectivity index (χ2n) is 5.51. The van der Waals surface area contributed by atoms with Crippen molar-refractivity contribution in [1.29, 1.82) is 0 Å². The van der Waals surface area contributed by atoms with E-state index < -0.39 is 29.2 Å². The Morgan fingerprint density at radius 2 is 1.68 bits per heavy atom. The van der Waals surface area contributed by atoms with Crippen molar-refractivity contribution in [2.45, 2.75) is 0 Å². The van der Waals surface area contributed by atoms with Gasteiger partial charge in [0.1, 0.15) is 23.0 Å². The van der Waals surface area contributed by atoms with Gasteiger partial charge in [0.2, 0.25) is 5.95 Å². The van der Waals surface area contributed by atoms with Crippen LogP contribution in [0.5, 0.6) is 0 Å². The summed E-state index contributed by atoms with van der Waals surface area (Å²) in [6.45, 7) is 0. The maximum Gasteiger partial charge on any atom is 0.337 e. The summed E-state index contributed by atoms with van der Waals surface area (Å²) in [5, 5.41) is 5.02. The van der Waals surface area contributed by atoms with Gasteiger partial charge >= 0.3 is 5.97 Å². The summed E-state index contributed by atoms with van der Waals surface area (Å²) in [7, 11) is 1.28. The Hall–Kier alpha value is -3.88. The van der Waals surface area contributed by atoms with Gasteiger partial charge in [0.15, 0.2) is 0 Å². The first-order valence-corrected chi connectivity index (χ1v) is 8.01. The van der Waals surface area contributed by atoms with E-state index in [1.807, 2.05) is 0 Å². The first-order chi connectivity index (χ1) is 13.5. The zero-order valence-corrected chi connectivity index (χ0v) is 14.6. The lowest BCUT2D eigenvalue weighted by Gasteiger charge is -2.09. The normalized spacial score (nSPS) is 10.2. The number of carbonyl (C=O) groups excluding carboxylic acids is 2. The van der Waals surface area contributed by atoms with Crippen molar-refractivity contribution in [3.05, 3.63) is 77.6 Å². The molecule has 3 aromatic rings. The van der Waals surface area contributed by atoms with E-state index in [4.69, 9.17) is 0 Å². The maximum atomic E-state index is 13.7. The molecule has 0 aliphatic heterocycles. The molecular weight excluding hydrogens is 370 g/mol. The summed E-state index contributed by atoms with van der Waals surface area (Å²) in [6, 6.07) is 10.9. The summed E-state index contributed by atoms with van der Waals surface area (Å²) < 4.78 is 32.0. The molecule has 0 aliphatic carbocycles. The number of amides is 1. The van der Waals surface area contributed by atoms with Crippen molar-refractivity contribution in [2.24, 2.45) is 0 Å². The van der Waals surface area contributed by atoms with Gasteiger partial charge in [0, 0.05) is 11.9 Å². The highest BCUT2D eigenvalue weighted by atomic mass is 19.1. The van der Waals surface area contributed by atoms with Gasteiger partial charge in [-0.2, -0.15) is 0 Å². The number of para-hydroxylation sites is 1. The molecule has 142 valence electrons. The second-order valence-corrected chi connectivity index (χ2v) is 5.51. The number of carbonyl (C=O) groups is 2. The Morgan fingerprint density at radius 3 is 2.32 bits per heavy atom. The van der Waals surface area contributed by atoms with E-state index in [0.717, 1.165) is 12.1 Å². The molecule has 0 spiro atoms. The quantitative estimate of drug-likeness (QED) is 0.654. The van der Waals surface area contributed by atoms with Crippen molar-refractivity contribution >= 4 is 29.2 Å². The van der Waals surface area contributed by atoms with Crippen LogP contribution < -0.4 is 10.6 Å². The summed E-state index contributed by atoms with van der Waals surface area (Å²) in [5.41, 5.74) is 0.282. The molecule has 0 aliphatic rings. The summed E-state index contributed by atoms with van der Waals surface area (Å²) in [5.74, 6) is -2.97. The topological polar surface area (TPSA) is 93.2 Å². The van der Waals surface area contributed by atoms with Gasteiger partial charge in [-0.15, -0.1) is 0 Å². The monoisotopic (exact) mass is 384 g/mol. The van der Waals surface area contributed by atoms with E-state index in [-0.39, 0.29) is 11.6 Å². The lowest BCUT2D eigenvalue weighted by molar-refractivity contribution is 0.0600. The highest BCUT2D eigenvalue weighted by Crippen LogP contribution is 2.19. The molecule has 0 fully saturated rings. The molecule has 0 saturated heterocycles. The molecule has 1 amide bonds. The number of hydrogen-bond acceptors (Lipinski definition) is 6. The van der Waals surface area contributed by atoms with E-state index in [9.17, 15) is 18.4 Å². The van der Waals surface area contributed by atoms with Crippen LogP contribution in [0.15, 0.2) is 54.7 Å². The largest absolute Gasteiger partial charge is 0.465 e. The minimum absolute atomic E-state index is 0.0903. The smallest absolute Gasteiger partial charge is 0.337 e. The molecule has 2 aromatic carbocycles. The van der Waals surface area contributed by atoms with Crippen molar-refractivity contribution in [1.82, 2.24) is 9.97 Å². The van der Waals surface area contributed by atoms with Crippen molar-refractivity contribution in [2.75, 3.05) is 17.7 Å². The standard InChI is InChI=1S/C19H14F2N4O3/c1-28-18(27)11-5-7-12(8-6-11)23-19-22-10-9-15(24-19)17(26)25-16-13(20)3-2-4-14(16)21/h2-10H,1H3,(H,25,26)(H,22,23,24). The van der Waals surface area contributed by atoms with Crippen LogP contribution >= 0.6 is 0 Å². The molecular formula is C19H14F2N4O3. The first kappa shape index (κ1) is 18.9. The highest BCUT2D eigenvalue weighted by Gasteiger charge is 2.15. The van der Waals surface area contributed by atoms with Crippen molar-refractivity contribution in [3.63, 3.8) is 0 Å². The molecule has 0 unspecified atom stereocenters. The maximum absolute atomic E-state index is 13.7. The number of anilines is 3. The number of nitrogens with zero attached hydrogens (tertiary/aromatic N) is 2. The minimum atomic E-state index is -0.897. The van der Waals surface area contributed by atoms with E-state index in [1.165, 1.54) is 25.4 Å². The van der Waals surface area contributed by atoms with Gasteiger partial charge in [-0.1, -0.05) is 6.07 Å². The van der Waals surface area contributed by atoms with Crippen LogP contribution in [0.1, 0.15) is 20.8 Å². The number of rotatable bonds is 5. The zero-order chi connectivity index (χ0) is 20.1. The van der Waals surface area contributed by atoms with E-state index in [2.05, 4.69) is 25.3 Å². The van der Waals surface area contributed by atoms with E-state index >= 15 is 0 Å². The number of halogens is 2. The summed E-state index contributed by atoms with van der Waals surface area (Å²) in [4.78, 5) is 31.7. The Bertz CT molecular complexity index is 1010. The molecule has 0 atom stereocenters. The summed E-state index contributed by atoms with van der Waals surface area (Å²) >= 11 is 0. The second kappa shape index (κ2) is 8.21. The average Bonchev–Trinajstić information content (AvgIpc) is 2.71. The van der Waals surface area contributed by atoms with Crippen LogP contribution in [0.4, 0.5) is 26.1 Å². The van der Waals surface area contributed by atoms with Gasteiger partial charge in [-0.25, -0.2) is 23.5 Å². The lowest BCUT2D eigenvalue weighted by Crippen LogP contribution is -2.16. The van der Waals surface area contributed by atoms with Crippen LogP contribution in [0.25, 0.3) is 0 Å². The molecule has 7 nitrogen and oxygen atoms in total. The van der Waals surface area contributed by atoms with Gasteiger partial charge in [0.25, 0.3) is 5.91 Å². The van der Waals surface area contributed by atoms with Crippen LogP contribution in [0, 0.1) is 11.6 Å². The fourth-order valence-corrected chi connectivity index (χ4v) is 2.28. The van der Waals surface area contributed by atoms with Gasteiger partial charge in [-0.3, -0.25) is 4.79 Å². The Kier molecular flexibility index (Phi) is 5.54. The van der Waals surface area contributed by atoms with Crippen LogP contribution in [-0.4, -0.2) is 29.0 Å². The highest BCUT2D eigenvalue weighted by molar-refractivity contribution is 6.03. The average molecular weight is 384 g/mol. The SMILES string of the molecule is COC(=O)c1ccc(Nc2nccc(C(=O)Nc3c(F)cccc3F)n2)cc1. The Labute approximate surface area is 158 Å². The fraction of sp³-hybridized carbons (Fsp3) is 0.0526. The number of aromatic nitrogens is 2. The molecule has 28 heavy (non-hydrogen) atoms. The fourth-order valence-electron chi connectivity index (χ4n) is 2.28. The third-order valence-electron chi connectivity index (χ3n) is 3.65. The molecule has 2 N–H and O–H groups in total. The molecule has 0 saturated carbocycles. The first-order valence-electron chi connectivity index (χ1n) is 8.01. The number of nitrogens with one attached hydrogen (secondary N) is 2. The number of esters is 1. The molecule has 9 heteroatoms. The van der Waals surface area contributed by atoms with Crippen LogP contribution in [-0.2, 0) is 4.74 Å². The molecule has 3 rings (SSSR count). The molecule has 1 aromatic heterocycles. The van der Waals surface area contributed by atoms with Crippen LogP contribution in [0.3, 0.4) is 0 Å². The Morgan fingerprint density at radius 1 is 1.00 bits per heavy atom. The zero-order valence-electron chi connectivity index (χ0n) is 14.6. The lowest BCUT2D eigenvalue weighted by atomic mass is 10.2. The third-order valence-corrected chi connectivity index (χ3v) is 3.65. The van der Waals surface area contributed by atoms with Gasteiger partial charge < -0.3 is 15.4 Å². The van der Waals surface area contributed by atoms with Gasteiger partial charge in [-0.05, 0) is 42.5 Å². The van der Waals surface area contributed by atoms with E-state index in [0.29, 0.717) is 11.3 Å². The van der Waals surface area contributed by atoms with Crippen molar-refractivity contribution in [3.8, 4) is 0 Å². The number of benzene rings is 2. The predicted octanol–water partition coefficient (Wildman–Crippen LogP) is 3.54. The Balaban J connectivity index is 1.75.